The first-order valence-corrected chi connectivity index (χ1v) is 9.87. The lowest BCUT2D eigenvalue weighted by molar-refractivity contribution is 0.0718. The summed E-state index contributed by atoms with van der Waals surface area (Å²) in [5.74, 6) is 2.50. The van der Waals surface area contributed by atoms with Gasteiger partial charge in [0.05, 0.1) is 18.3 Å². The van der Waals surface area contributed by atoms with Gasteiger partial charge in [0.1, 0.15) is 11.9 Å². The molecule has 0 radical (unpaired) electrons. The van der Waals surface area contributed by atoms with Gasteiger partial charge < -0.3 is 9.47 Å². The second-order valence-corrected chi connectivity index (χ2v) is 7.83. The summed E-state index contributed by atoms with van der Waals surface area (Å²) >= 11 is 2.08. The lowest BCUT2D eigenvalue weighted by atomic mass is 9.70. The highest BCUT2D eigenvalue weighted by Crippen LogP contribution is 2.48. The van der Waals surface area contributed by atoms with Gasteiger partial charge in [-0.3, -0.25) is 0 Å². The van der Waals surface area contributed by atoms with Gasteiger partial charge in [0, 0.05) is 4.43 Å². The quantitative estimate of drug-likeness (QED) is 0.398. The van der Waals surface area contributed by atoms with Crippen LogP contribution in [0.4, 0.5) is 4.39 Å². The molecule has 0 spiro atoms. The van der Waals surface area contributed by atoms with Gasteiger partial charge >= 0.3 is 0 Å². The van der Waals surface area contributed by atoms with Crippen LogP contribution in [-0.2, 0) is 4.74 Å². The van der Waals surface area contributed by atoms with E-state index in [0.29, 0.717) is 22.7 Å². The van der Waals surface area contributed by atoms with Crippen LogP contribution in [0.15, 0.2) is 24.3 Å². The molecular weight excluding hydrogens is 394 g/mol. The third-order valence-electron chi connectivity index (χ3n) is 5.53. The normalized spacial score (nSPS) is 37.8. The van der Waals surface area contributed by atoms with Gasteiger partial charge in [0.25, 0.3) is 0 Å². The number of ether oxygens (including phenoxy) is 2. The van der Waals surface area contributed by atoms with Gasteiger partial charge in [0.15, 0.2) is 0 Å². The average Bonchev–Trinajstić information content (AvgIpc) is 3.30. The number of epoxide rings is 1. The van der Waals surface area contributed by atoms with Gasteiger partial charge in [-0.15, -0.1) is 0 Å². The van der Waals surface area contributed by atoms with Crippen molar-refractivity contribution in [2.45, 2.75) is 56.6 Å². The summed E-state index contributed by atoms with van der Waals surface area (Å²) in [6.07, 6.45) is 6.62. The molecule has 3 aliphatic rings. The second kappa shape index (κ2) is 6.27. The van der Waals surface area contributed by atoms with Crippen LogP contribution in [-0.4, -0.2) is 22.7 Å². The number of halogens is 2. The van der Waals surface area contributed by atoms with Crippen molar-refractivity contribution in [2.75, 3.05) is 4.43 Å². The Morgan fingerprint density at radius 3 is 2.55 bits per heavy atom. The molecule has 0 N–H and O–H groups in total. The molecule has 3 fully saturated rings. The van der Waals surface area contributed by atoms with Gasteiger partial charge in [-0.2, -0.15) is 0 Å². The van der Waals surface area contributed by atoms with Crippen LogP contribution in [0, 0.1) is 11.8 Å². The van der Waals surface area contributed by atoms with Crippen LogP contribution in [0.5, 0.6) is 5.75 Å². The molecule has 1 aromatic carbocycles. The Bertz CT molecular complexity index is 520. The number of alkyl halides is 2. The Kier molecular flexibility index (Phi) is 4.33. The van der Waals surface area contributed by atoms with E-state index in [0.717, 1.165) is 36.0 Å². The van der Waals surface area contributed by atoms with E-state index in [2.05, 4.69) is 22.6 Å². The van der Waals surface area contributed by atoms with Crippen LogP contribution in [0.3, 0.4) is 0 Å². The van der Waals surface area contributed by atoms with Crippen LogP contribution < -0.4 is 4.74 Å². The Labute approximate surface area is 144 Å². The van der Waals surface area contributed by atoms with Crippen LogP contribution >= 0.6 is 22.6 Å². The van der Waals surface area contributed by atoms with Gasteiger partial charge in [0.2, 0.25) is 0 Å². The highest BCUT2D eigenvalue weighted by atomic mass is 127. The Balaban J connectivity index is 1.35. The number of hydrogen-bond acceptors (Lipinski definition) is 2. The topological polar surface area (TPSA) is 21.8 Å². The molecule has 1 aromatic rings. The zero-order valence-electron chi connectivity index (χ0n) is 12.6. The van der Waals surface area contributed by atoms with Crippen molar-refractivity contribution < 1.29 is 13.9 Å². The summed E-state index contributed by atoms with van der Waals surface area (Å²) in [6.45, 7) is 0. The molecule has 0 amide bonds. The van der Waals surface area contributed by atoms with Gasteiger partial charge in [-0.1, -0.05) is 34.7 Å². The fourth-order valence-corrected chi connectivity index (χ4v) is 4.73. The Morgan fingerprint density at radius 1 is 1.09 bits per heavy atom. The van der Waals surface area contributed by atoms with E-state index in [9.17, 15) is 4.39 Å². The zero-order valence-corrected chi connectivity index (χ0v) is 14.7. The predicted molar refractivity (Wildman–Crippen MR) is 92.3 cm³/mol. The maximum Gasteiger partial charge on any atom is 0.134 e. The maximum atomic E-state index is 13.6. The molecule has 6 unspecified atom stereocenters. The SMILES string of the molecule is FC(CI)c1ccc(OC2CCC3CC4OC4CC3C2)cc1. The molecule has 0 aromatic heterocycles. The molecule has 2 aliphatic carbocycles. The number of benzene rings is 1. The van der Waals surface area contributed by atoms with Crippen molar-refractivity contribution in [3.63, 3.8) is 0 Å². The monoisotopic (exact) mass is 416 g/mol. The summed E-state index contributed by atoms with van der Waals surface area (Å²) in [7, 11) is 0. The third-order valence-corrected chi connectivity index (χ3v) is 6.30. The zero-order chi connectivity index (χ0) is 15.1. The first-order valence-electron chi connectivity index (χ1n) is 8.35. The van der Waals surface area contributed by atoms with Crippen molar-refractivity contribution in [2.24, 2.45) is 11.8 Å². The average molecular weight is 416 g/mol. The molecule has 1 heterocycles. The molecule has 2 nitrogen and oxygen atoms in total. The standard InChI is InChI=1S/C18H22FIO2/c19-16(10-20)11-1-4-14(5-2-11)21-15-6-3-12-8-17-18(22-17)9-13(12)7-15/h1-2,4-5,12-13,15-18H,3,6-10H2. The van der Waals surface area contributed by atoms with Gasteiger partial charge in [-0.05, 0) is 61.6 Å². The lowest BCUT2D eigenvalue weighted by Crippen LogP contribution is -2.35. The van der Waals surface area contributed by atoms with E-state index in [-0.39, 0.29) is 0 Å². The van der Waals surface area contributed by atoms with Gasteiger partial charge in [-0.25, -0.2) is 4.39 Å². The maximum absolute atomic E-state index is 13.6. The summed E-state index contributed by atoms with van der Waals surface area (Å²) in [6, 6.07) is 7.55. The van der Waals surface area contributed by atoms with Crippen molar-refractivity contribution in [1.29, 1.82) is 0 Å². The minimum atomic E-state index is -0.876. The molecule has 120 valence electrons. The molecule has 4 heteroatoms. The minimum Gasteiger partial charge on any atom is -0.490 e. The number of hydrogen-bond donors (Lipinski definition) is 0. The van der Waals surface area contributed by atoms with E-state index in [1.807, 2.05) is 24.3 Å². The van der Waals surface area contributed by atoms with Crippen molar-refractivity contribution in [1.82, 2.24) is 0 Å². The van der Waals surface area contributed by atoms with Crippen LogP contribution in [0.1, 0.15) is 43.8 Å². The van der Waals surface area contributed by atoms with Crippen molar-refractivity contribution in [3.05, 3.63) is 29.8 Å². The minimum absolute atomic E-state index is 0.313. The Hall–Kier alpha value is -0.360. The number of fused-ring (bicyclic) bond motifs is 2. The molecule has 1 aliphatic heterocycles. The molecule has 2 saturated carbocycles. The predicted octanol–water partition coefficient (Wildman–Crippen LogP) is 4.86. The third kappa shape index (κ3) is 3.14. The molecule has 1 saturated heterocycles. The molecular formula is C18H22FIO2. The van der Waals surface area contributed by atoms with Crippen LogP contribution in [0.25, 0.3) is 0 Å². The highest BCUT2D eigenvalue weighted by molar-refractivity contribution is 14.1. The number of rotatable bonds is 4. The molecule has 0 bridgehead atoms. The summed E-state index contributed by atoms with van der Waals surface area (Å²) < 4.78 is 26.0. The van der Waals surface area contributed by atoms with Crippen molar-refractivity contribution in [3.8, 4) is 5.75 Å². The fourth-order valence-electron chi connectivity index (χ4n) is 4.22. The first kappa shape index (κ1) is 15.2. The van der Waals surface area contributed by atoms with E-state index in [1.54, 1.807) is 0 Å². The summed E-state index contributed by atoms with van der Waals surface area (Å²) in [5, 5.41) is 0. The smallest absolute Gasteiger partial charge is 0.134 e. The fraction of sp³-hybridized carbons (Fsp3) is 0.667. The lowest BCUT2D eigenvalue weighted by Gasteiger charge is -2.37. The Morgan fingerprint density at radius 2 is 1.82 bits per heavy atom. The van der Waals surface area contributed by atoms with E-state index >= 15 is 0 Å². The first-order chi connectivity index (χ1) is 10.7. The molecule has 6 atom stereocenters. The largest absolute Gasteiger partial charge is 0.490 e. The molecule has 22 heavy (non-hydrogen) atoms. The summed E-state index contributed by atoms with van der Waals surface area (Å²) in [5.41, 5.74) is 0.745. The van der Waals surface area contributed by atoms with E-state index < -0.39 is 6.17 Å². The van der Waals surface area contributed by atoms with E-state index in [4.69, 9.17) is 9.47 Å². The summed E-state index contributed by atoms with van der Waals surface area (Å²) in [4.78, 5) is 0. The van der Waals surface area contributed by atoms with Crippen molar-refractivity contribution >= 4 is 22.6 Å². The van der Waals surface area contributed by atoms with Crippen LogP contribution in [0.2, 0.25) is 0 Å². The highest BCUT2D eigenvalue weighted by Gasteiger charge is 2.49. The second-order valence-electron chi connectivity index (χ2n) is 6.95. The molecule has 4 rings (SSSR count). The van der Waals surface area contributed by atoms with E-state index in [1.165, 1.54) is 19.3 Å².